The zero-order valence-electron chi connectivity index (χ0n) is 13.7. The molecule has 0 spiro atoms. The van der Waals surface area contributed by atoms with Gasteiger partial charge in [-0.05, 0) is 19.1 Å². The Bertz CT molecular complexity index is 589. The van der Waals surface area contributed by atoms with Crippen molar-refractivity contribution in [2.45, 2.75) is 13.0 Å². The van der Waals surface area contributed by atoms with Crippen LogP contribution in [0, 0.1) is 12.8 Å². The second kappa shape index (κ2) is 7.43. The van der Waals surface area contributed by atoms with Gasteiger partial charge in [-0.25, -0.2) is 4.79 Å². The Kier molecular flexibility index (Phi) is 5.57. The molecule has 3 amide bonds. The number of amides is 3. The molecule has 0 aliphatic carbocycles. The first-order valence-electron chi connectivity index (χ1n) is 7.64. The van der Waals surface area contributed by atoms with E-state index in [1.807, 2.05) is 13.0 Å². The number of hydrogen-bond acceptors (Lipinski definition) is 4. The fourth-order valence-electron chi connectivity index (χ4n) is 2.43. The average molecular weight is 320 g/mol. The summed E-state index contributed by atoms with van der Waals surface area (Å²) in [4.78, 5) is 25.7. The first-order chi connectivity index (χ1) is 10.9. The molecule has 126 valence electrons. The molecular formula is C16H24N4O3. The quantitative estimate of drug-likeness (QED) is 0.646. The third kappa shape index (κ3) is 4.43. The Balaban J connectivity index is 2.08. The van der Waals surface area contributed by atoms with Gasteiger partial charge in [-0.2, -0.15) is 0 Å². The van der Waals surface area contributed by atoms with E-state index in [1.54, 1.807) is 26.2 Å². The van der Waals surface area contributed by atoms with E-state index in [2.05, 4.69) is 16.0 Å². The van der Waals surface area contributed by atoms with Crippen molar-refractivity contribution < 1.29 is 14.7 Å². The predicted octanol–water partition coefficient (Wildman–Crippen LogP) is 0.399. The van der Waals surface area contributed by atoms with Crippen LogP contribution in [-0.4, -0.2) is 61.8 Å². The number of rotatable bonds is 4. The second-order valence-electron chi connectivity index (χ2n) is 6.07. The number of carbonyl (C=O) groups excluding carboxylic acids is 2. The second-order valence-corrected chi connectivity index (χ2v) is 6.07. The molecule has 1 fully saturated rings. The Morgan fingerprint density at radius 3 is 2.70 bits per heavy atom. The van der Waals surface area contributed by atoms with Gasteiger partial charge in [-0.15, -0.1) is 0 Å². The van der Waals surface area contributed by atoms with E-state index >= 15 is 0 Å². The highest BCUT2D eigenvalue weighted by atomic mass is 16.3. The van der Waals surface area contributed by atoms with Crippen LogP contribution in [0.4, 0.5) is 10.5 Å². The van der Waals surface area contributed by atoms with Crippen molar-refractivity contribution in [1.29, 1.82) is 0 Å². The highest BCUT2D eigenvalue weighted by Gasteiger charge is 2.25. The van der Waals surface area contributed by atoms with Gasteiger partial charge in [0, 0.05) is 39.6 Å². The van der Waals surface area contributed by atoms with Crippen LogP contribution < -0.4 is 16.0 Å². The van der Waals surface area contributed by atoms with Crippen LogP contribution in [0.15, 0.2) is 18.2 Å². The monoisotopic (exact) mass is 320 g/mol. The molecule has 4 N–H and O–H groups in total. The molecule has 0 bridgehead atoms. The van der Waals surface area contributed by atoms with Gasteiger partial charge >= 0.3 is 6.03 Å². The first-order valence-corrected chi connectivity index (χ1v) is 7.64. The summed E-state index contributed by atoms with van der Waals surface area (Å²) in [7, 11) is 3.27. The molecule has 2 unspecified atom stereocenters. The SMILES string of the molecule is Cc1ccc(NC(=O)N(C)C)c(C(=O)NCC2CNCC2O)c1. The van der Waals surface area contributed by atoms with Crippen LogP contribution in [0.25, 0.3) is 0 Å². The van der Waals surface area contributed by atoms with Crippen LogP contribution >= 0.6 is 0 Å². The summed E-state index contributed by atoms with van der Waals surface area (Å²) in [5, 5.41) is 18.4. The van der Waals surface area contributed by atoms with Gasteiger partial charge < -0.3 is 26.0 Å². The number of hydrogen-bond donors (Lipinski definition) is 4. The number of aryl methyl sites for hydroxylation is 1. The molecule has 1 aliphatic heterocycles. The molecule has 0 saturated carbocycles. The van der Waals surface area contributed by atoms with E-state index in [-0.39, 0.29) is 17.9 Å². The lowest BCUT2D eigenvalue weighted by Crippen LogP contribution is -2.35. The summed E-state index contributed by atoms with van der Waals surface area (Å²) in [6.07, 6.45) is -0.444. The third-order valence-corrected chi connectivity index (χ3v) is 3.90. The molecule has 0 radical (unpaired) electrons. The summed E-state index contributed by atoms with van der Waals surface area (Å²) < 4.78 is 0. The van der Waals surface area contributed by atoms with E-state index in [9.17, 15) is 14.7 Å². The fraction of sp³-hybridized carbons (Fsp3) is 0.500. The third-order valence-electron chi connectivity index (χ3n) is 3.90. The minimum atomic E-state index is -0.444. The fourth-order valence-corrected chi connectivity index (χ4v) is 2.43. The summed E-state index contributed by atoms with van der Waals surface area (Å²) in [5.41, 5.74) is 1.82. The molecule has 1 aromatic carbocycles. The Morgan fingerprint density at radius 1 is 1.35 bits per heavy atom. The molecule has 1 aromatic rings. The van der Waals surface area contributed by atoms with Crippen molar-refractivity contribution in [3.63, 3.8) is 0 Å². The number of urea groups is 1. The van der Waals surface area contributed by atoms with Crippen LogP contribution in [0.2, 0.25) is 0 Å². The lowest BCUT2D eigenvalue weighted by Gasteiger charge is -2.17. The zero-order chi connectivity index (χ0) is 17.0. The number of nitrogens with one attached hydrogen (secondary N) is 3. The predicted molar refractivity (Wildman–Crippen MR) is 88.6 cm³/mol. The Morgan fingerprint density at radius 2 is 2.09 bits per heavy atom. The molecular weight excluding hydrogens is 296 g/mol. The molecule has 1 aliphatic rings. The largest absolute Gasteiger partial charge is 0.391 e. The van der Waals surface area contributed by atoms with Crippen molar-refractivity contribution in [2.75, 3.05) is 39.0 Å². The number of aliphatic hydroxyl groups excluding tert-OH is 1. The summed E-state index contributed by atoms with van der Waals surface area (Å²) >= 11 is 0. The number of β-amino-alcohol motifs (C(OH)–C–C–N with tert-alkyl or cyclic N) is 1. The van der Waals surface area contributed by atoms with Crippen molar-refractivity contribution in [2.24, 2.45) is 5.92 Å². The molecule has 7 nitrogen and oxygen atoms in total. The first kappa shape index (κ1) is 17.2. The lowest BCUT2D eigenvalue weighted by molar-refractivity contribution is 0.0928. The lowest BCUT2D eigenvalue weighted by atomic mass is 10.1. The van der Waals surface area contributed by atoms with Gasteiger partial charge in [0.15, 0.2) is 0 Å². The van der Waals surface area contributed by atoms with Gasteiger partial charge in [-0.1, -0.05) is 11.6 Å². The molecule has 23 heavy (non-hydrogen) atoms. The molecule has 7 heteroatoms. The number of benzene rings is 1. The topological polar surface area (TPSA) is 93.7 Å². The summed E-state index contributed by atoms with van der Waals surface area (Å²) in [6, 6.07) is 5.01. The average Bonchev–Trinajstić information content (AvgIpc) is 2.91. The van der Waals surface area contributed by atoms with Crippen molar-refractivity contribution in [3.8, 4) is 0 Å². The Hall–Kier alpha value is -2.12. The van der Waals surface area contributed by atoms with E-state index in [4.69, 9.17) is 0 Å². The Labute approximate surface area is 136 Å². The zero-order valence-corrected chi connectivity index (χ0v) is 13.7. The number of carbonyl (C=O) groups is 2. The van der Waals surface area contributed by atoms with Crippen molar-refractivity contribution in [3.05, 3.63) is 29.3 Å². The van der Waals surface area contributed by atoms with Crippen LogP contribution in [0.1, 0.15) is 15.9 Å². The number of aliphatic hydroxyl groups is 1. The van der Waals surface area contributed by atoms with Crippen LogP contribution in [0.3, 0.4) is 0 Å². The summed E-state index contributed by atoms with van der Waals surface area (Å²) in [6.45, 7) is 3.51. The molecule has 2 atom stereocenters. The smallest absolute Gasteiger partial charge is 0.321 e. The standard InChI is InChI=1S/C16H24N4O3/c1-10-4-5-13(19-16(23)20(2)3)12(6-10)15(22)18-8-11-7-17-9-14(11)21/h4-6,11,14,17,21H,7-9H2,1-3H3,(H,18,22)(H,19,23). The molecule has 1 heterocycles. The maximum Gasteiger partial charge on any atom is 0.321 e. The number of anilines is 1. The minimum Gasteiger partial charge on any atom is -0.391 e. The van der Waals surface area contributed by atoms with Crippen LogP contribution in [-0.2, 0) is 0 Å². The van der Waals surface area contributed by atoms with E-state index < -0.39 is 6.10 Å². The normalized spacial score (nSPS) is 20.2. The summed E-state index contributed by atoms with van der Waals surface area (Å²) in [5.74, 6) is -0.259. The van der Waals surface area contributed by atoms with Crippen molar-refractivity contribution >= 4 is 17.6 Å². The maximum absolute atomic E-state index is 12.5. The molecule has 1 saturated heterocycles. The van der Waals surface area contributed by atoms with Gasteiger partial charge in [-0.3, -0.25) is 4.79 Å². The van der Waals surface area contributed by atoms with E-state index in [0.717, 1.165) is 5.56 Å². The van der Waals surface area contributed by atoms with Gasteiger partial charge in [0.25, 0.3) is 5.91 Å². The van der Waals surface area contributed by atoms with Crippen LogP contribution in [0.5, 0.6) is 0 Å². The van der Waals surface area contributed by atoms with E-state index in [0.29, 0.717) is 30.9 Å². The van der Waals surface area contributed by atoms with E-state index in [1.165, 1.54) is 4.90 Å². The molecule has 2 rings (SSSR count). The van der Waals surface area contributed by atoms with Gasteiger partial charge in [0.05, 0.1) is 17.4 Å². The highest BCUT2D eigenvalue weighted by Crippen LogP contribution is 2.18. The van der Waals surface area contributed by atoms with Crippen molar-refractivity contribution in [1.82, 2.24) is 15.5 Å². The molecule has 0 aromatic heterocycles. The minimum absolute atomic E-state index is 0.00331. The van der Waals surface area contributed by atoms with Gasteiger partial charge in [0.2, 0.25) is 0 Å². The highest BCUT2D eigenvalue weighted by molar-refractivity contribution is 6.03. The maximum atomic E-state index is 12.5. The number of nitrogens with zero attached hydrogens (tertiary/aromatic N) is 1. The van der Waals surface area contributed by atoms with Gasteiger partial charge in [0.1, 0.15) is 0 Å².